The lowest BCUT2D eigenvalue weighted by atomic mass is 10.0. The number of carbonyl (C=O) groups excluding carboxylic acids is 1. The average Bonchev–Trinajstić information content (AvgIpc) is 3.19. The fraction of sp³-hybridized carbons (Fsp3) is 0.500. The second kappa shape index (κ2) is 5.83. The summed E-state index contributed by atoms with van der Waals surface area (Å²) in [4.78, 5) is 13.1. The van der Waals surface area contributed by atoms with Gasteiger partial charge in [-0.15, -0.1) is 0 Å². The summed E-state index contributed by atoms with van der Waals surface area (Å²) in [5.74, 6) is -0.481. The highest BCUT2D eigenvalue weighted by molar-refractivity contribution is 5.79. The third kappa shape index (κ3) is 3.96. The predicted octanol–water partition coefficient (Wildman–Crippen LogP) is 2.24. The minimum absolute atomic E-state index is 0.0278. The van der Waals surface area contributed by atoms with E-state index in [4.69, 9.17) is 5.73 Å². The Kier molecular flexibility index (Phi) is 4.32. The van der Waals surface area contributed by atoms with Crippen LogP contribution in [0.4, 0.5) is 13.2 Å². The molecule has 0 aliphatic heterocycles. The van der Waals surface area contributed by atoms with Crippen LogP contribution >= 0.6 is 0 Å². The van der Waals surface area contributed by atoms with Crippen LogP contribution in [0.15, 0.2) is 24.3 Å². The lowest BCUT2D eigenvalue weighted by Gasteiger charge is -2.24. The first-order valence-electron chi connectivity index (χ1n) is 6.54. The van der Waals surface area contributed by atoms with Gasteiger partial charge in [0.25, 0.3) is 0 Å². The van der Waals surface area contributed by atoms with E-state index in [-0.39, 0.29) is 19.0 Å². The van der Waals surface area contributed by atoms with Gasteiger partial charge in [0.2, 0.25) is 5.91 Å². The topological polar surface area (TPSA) is 46.3 Å². The summed E-state index contributed by atoms with van der Waals surface area (Å²) in [6.07, 6.45) is -3.08. The minimum Gasteiger partial charge on any atom is -0.330 e. The molecule has 1 aliphatic carbocycles. The van der Waals surface area contributed by atoms with Crippen molar-refractivity contribution < 1.29 is 18.0 Å². The number of hydrogen-bond acceptors (Lipinski definition) is 2. The van der Waals surface area contributed by atoms with Crippen LogP contribution in [-0.2, 0) is 17.8 Å². The van der Waals surface area contributed by atoms with Crippen LogP contribution < -0.4 is 5.73 Å². The standard InChI is InChI=1S/C14H17F3N2O/c15-14(16,17)9-19(12-5-6-12)13(20)7-10-3-1-2-4-11(10)8-18/h1-4,12H,5-9,18H2. The Morgan fingerprint density at radius 3 is 2.35 bits per heavy atom. The number of nitrogens with two attached hydrogens (primary N) is 1. The third-order valence-corrected chi connectivity index (χ3v) is 3.34. The van der Waals surface area contributed by atoms with Gasteiger partial charge >= 0.3 is 6.18 Å². The maximum absolute atomic E-state index is 12.5. The van der Waals surface area contributed by atoms with Crippen LogP contribution in [0.1, 0.15) is 24.0 Å². The van der Waals surface area contributed by atoms with Gasteiger partial charge in [0.15, 0.2) is 0 Å². The van der Waals surface area contributed by atoms with Crippen LogP contribution in [-0.4, -0.2) is 29.6 Å². The van der Waals surface area contributed by atoms with Crippen LogP contribution in [0.3, 0.4) is 0 Å². The molecule has 110 valence electrons. The number of amides is 1. The van der Waals surface area contributed by atoms with E-state index >= 15 is 0 Å². The lowest BCUT2D eigenvalue weighted by molar-refractivity contribution is -0.162. The zero-order valence-corrected chi connectivity index (χ0v) is 11.0. The molecule has 0 saturated heterocycles. The Hall–Kier alpha value is -1.56. The second-order valence-electron chi connectivity index (χ2n) is 5.02. The molecule has 1 amide bonds. The zero-order chi connectivity index (χ0) is 14.8. The van der Waals surface area contributed by atoms with Crippen molar-refractivity contribution >= 4 is 5.91 Å². The first-order chi connectivity index (χ1) is 9.40. The molecule has 1 aliphatic rings. The number of halogens is 3. The lowest BCUT2D eigenvalue weighted by Crippen LogP contribution is -2.41. The molecule has 1 saturated carbocycles. The van der Waals surface area contributed by atoms with Crippen molar-refractivity contribution in [2.45, 2.75) is 38.0 Å². The molecule has 0 aromatic heterocycles. The summed E-state index contributed by atoms with van der Waals surface area (Å²) in [5.41, 5.74) is 7.07. The van der Waals surface area contributed by atoms with E-state index in [1.807, 2.05) is 0 Å². The Labute approximate surface area is 115 Å². The summed E-state index contributed by atoms with van der Waals surface area (Å²) in [5, 5.41) is 0. The van der Waals surface area contributed by atoms with Gasteiger partial charge in [-0.05, 0) is 24.0 Å². The molecule has 0 bridgehead atoms. The van der Waals surface area contributed by atoms with Crippen LogP contribution in [0.25, 0.3) is 0 Å². The molecule has 0 heterocycles. The van der Waals surface area contributed by atoms with Crippen molar-refractivity contribution in [3.8, 4) is 0 Å². The van der Waals surface area contributed by atoms with E-state index in [0.29, 0.717) is 18.4 Å². The van der Waals surface area contributed by atoms with Crippen molar-refractivity contribution in [2.24, 2.45) is 5.73 Å². The molecule has 0 radical (unpaired) electrons. The van der Waals surface area contributed by atoms with Gasteiger partial charge in [-0.1, -0.05) is 24.3 Å². The molecular formula is C14H17F3N2O. The average molecular weight is 286 g/mol. The zero-order valence-electron chi connectivity index (χ0n) is 11.0. The number of nitrogens with zero attached hydrogens (tertiary/aromatic N) is 1. The van der Waals surface area contributed by atoms with E-state index < -0.39 is 18.6 Å². The molecule has 1 aromatic rings. The summed E-state index contributed by atoms with van der Waals surface area (Å²) >= 11 is 0. The molecule has 2 N–H and O–H groups in total. The molecule has 3 nitrogen and oxygen atoms in total. The van der Waals surface area contributed by atoms with Gasteiger partial charge in [0.05, 0.1) is 6.42 Å². The first-order valence-corrected chi connectivity index (χ1v) is 6.54. The van der Waals surface area contributed by atoms with Crippen LogP contribution in [0.5, 0.6) is 0 Å². The summed E-state index contributed by atoms with van der Waals surface area (Å²) in [6, 6.07) is 6.82. The third-order valence-electron chi connectivity index (χ3n) is 3.34. The maximum Gasteiger partial charge on any atom is 0.406 e. The smallest absolute Gasteiger partial charge is 0.330 e. The maximum atomic E-state index is 12.5. The van der Waals surface area contributed by atoms with Crippen LogP contribution in [0.2, 0.25) is 0 Å². The molecule has 20 heavy (non-hydrogen) atoms. The van der Waals surface area contributed by atoms with Crippen molar-refractivity contribution in [3.05, 3.63) is 35.4 Å². The SMILES string of the molecule is NCc1ccccc1CC(=O)N(CC(F)(F)F)C1CC1. The summed E-state index contributed by atoms with van der Waals surface area (Å²) < 4.78 is 37.6. The number of alkyl halides is 3. The minimum atomic E-state index is -4.36. The fourth-order valence-electron chi connectivity index (χ4n) is 2.19. The van der Waals surface area contributed by atoms with Gasteiger partial charge in [-0.25, -0.2) is 0 Å². The molecular weight excluding hydrogens is 269 g/mol. The van der Waals surface area contributed by atoms with Gasteiger partial charge in [-0.3, -0.25) is 4.79 Å². The Morgan fingerprint density at radius 2 is 1.85 bits per heavy atom. The summed E-state index contributed by atoms with van der Waals surface area (Å²) in [7, 11) is 0. The van der Waals surface area contributed by atoms with Crippen molar-refractivity contribution in [1.29, 1.82) is 0 Å². The van der Waals surface area contributed by atoms with E-state index in [2.05, 4.69) is 0 Å². The molecule has 0 unspecified atom stereocenters. The monoisotopic (exact) mass is 286 g/mol. The first kappa shape index (κ1) is 14.8. The van der Waals surface area contributed by atoms with E-state index in [1.165, 1.54) is 0 Å². The van der Waals surface area contributed by atoms with Gasteiger partial charge in [-0.2, -0.15) is 13.2 Å². The number of hydrogen-bond donors (Lipinski definition) is 1. The quantitative estimate of drug-likeness (QED) is 0.902. The Balaban J connectivity index is 2.08. The van der Waals surface area contributed by atoms with Gasteiger partial charge in [0, 0.05) is 12.6 Å². The second-order valence-corrected chi connectivity index (χ2v) is 5.02. The van der Waals surface area contributed by atoms with E-state index in [0.717, 1.165) is 10.5 Å². The molecule has 2 rings (SSSR count). The molecule has 0 atom stereocenters. The highest BCUT2D eigenvalue weighted by atomic mass is 19.4. The predicted molar refractivity (Wildman–Crippen MR) is 68.8 cm³/mol. The number of benzene rings is 1. The molecule has 1 fully saturated rings. The van der Waals surface area contributed by atoms with Crippen molar-refractivity contribution in [3.63, 3.8) is 0 Å². The normalized spacial score (nSPS) is 15.2. The molecule has 6 heteroatoms. The Bertz CT molecular complexity index is 484. The largest absolute Gasteiger partial charge is 0.406 e. The summed E-state index contributed by atoms with van der Waals surface area (Å²) in [6.45, 7) is -0.895. The number of rotatable bonds is 5. The molecule has 0 spiro atoms. The van der Waals surface area contributed by atoms with E-state index in [1.54, 1.807) is 24.3 Å². The van der Waals surface area contributed by atoms with Gasteiger partial charge in [0.1, 0.15) is 6.54 Å². The van der Waals surface area contributed by atoms with Crippen molar-refractivity contribution in [1.82, 2.24) is 4.90 Å². The highest BCUT2D eigenvalue weighted by Crippen LogP contribution is 2.30. The highest BCUT2D eigenvalue weighted by Gasteiger charge is 2.40. The van der Waals surface area contributed by atoms with Crippen LogP contribution in [0, 0.1) is 0 Å². The fourth-order valence-corrected chi connectivity index (χ4v) is 2.19. The van der Waals surface area contributed by atoms with E-state index in [9.17, 15) is 18.0 Å². The molecule has 1 aromatic carbocycles. The number of carbonyl (C=O) groups is 1. The Morgan fingerprint density at radius 1 is 1.25 bits per heavy atom. The van der Waals surface area contributed by atoms with Crippen molar-refractivity contribution in [2.75, 3.05) is 6.54 Å². The van der Waals surface area contributed by atoms with Gasteiger partial charge < -0.3 is 10.6 Å².